The van der Waals surface area contributed by atoms with Crippen LogP contribution in [0.2, 0.25) is 0 Å². The Labute approximate surface area is 138 Å². The molecule has 0 atom stereocenters. The minimum Gasteiger partial charge on any atom is -0.710 e. The van der Waals surface area contributed by atoms with Crippen molar-refractivity contribution in [2.24, 2.45) is 7.05 Å². The van der Waals surface area contributed by atoms with Crippen molar-refractivity contribution < 1.29 is 13.5 Å². The first-order valence-electron chi connectivity index (χ1n) is 6.57. The van der Waals surface area contributed by atoms with Crippen LogP contribution in [-0.2, 0) is 13.0 Å². The second-order valence-electron chi connectivity index (χ2n) is 5.31. The number of alkyl halides is 2. The van der Waals surface area contributed by atoms with Gasteiger partial charge >= 0.3 is 11.2 Å². The molecule has 0 bridgehead atoms. The summed E-state index contributed by atoms with van der Waals surface area (Å²) >= 11 is 3.20. The van der Waals surface area contributed by atoms with Gasteiger partial charge in [-0.1, -0.05) is 0 Å². The summed E-state index contributed by atoms with van der Waals surface area (Å²) in [6, 6.07) is 2.24. The van der Waals surface area contributed by atoms with Gasteiger partial charge in [-0.2, -0.15) is 0 Å². The molecule has 0 amide bonds. The number of nitrogens with zero attached hydrogens (tertiary/aromatic N) is 3. The van der Waals surface area contributed by atoms with E-state index in [4.69, 9.17) is 0 Å². The van der Waals surface area contributed by atoms with Crippen LogP contribution in [-0.4, -0.2) is 9.13 Å². The molecule has 0 aliphatic rings. The third-order valence-corrected chi connectivity index (χ3v) is 4.32. The monoisotopic (exact) mass is 389 g/mol. The highest BCUT2D eigenvalue weighted by molar-refractivity contribution is 9.10. The molecule has 2 aromatic heterocycles. The summed E-state index contributed by atoms with van der Waals surface area (Å²) in [6.07, 6.45) is 0. The third kappa shape index (κ3) is 2.80. The largest absolute Gasteiger partial charge is 0.710 e. The molecule has 0 unspecified atom stereocenters. The fourth-order valence-corrected chi connectivity index (χ4v) is 2.79. The lowest BCUT2D eigenvalue weighted by Gasteiger charge is -2.17. The zero-order valence-corrected chi connectivity index (χ0v) is 14.4. The van der Waals surface area contributed by atoms with Crippen molar-refractivity contribution >= 4 is 15.9 Å². The van der Waals surface area contributed by atoms with Crippen molar-refractivity contribution in [3.05, 3.63) is 59.6 Å². The first-order valence-corrected chi connectivity index (χ1v) is 7.37. The lowest BCUT2D eigenvalue weighted by Crippen LogP contribution is -2.48. The summed E-state index contributed by atoms with van der Waals surface area (Å²) in [5, 5.41) is 12.3. The van der Waals surface area contributed by atoms with Gasteiger partial charge in [-0.05, 0) is 35.8 Å². The Bertz CT molecular complexity index is 913. The second-order valence-corrected chi connectivity index (χ2v) is 6.17. The van der Waals surface area contributed by atoms with Gasteiger partial charge in [-0.3, -0.25) is 4.57 Å². The van der Waals surface area contributed by atoms with Crippen molar-refractivity contribution in [2.75, 3.05) is 0 Å². The van der Waals surface area contributed by atoms with Crippen molar-refractivity contribution in [1.82, 2.24) is 9.13 Å². The zero-order chi connectivity index (χ0) is 17.7. The van der Waals surface area contributed by atoms with Gasteiger partial charge in [0, 0.05) is 19.5 Å². The van der Waals surface area contributed by atoms with Gasteiger partial charge in [-0.15, -0.1) is 4.57 Å². The molecule has 2 aromatic rings. The summed E-state index contributed by atoms with van der Waals surface area (Å²) in [4.78, 5) is 24.6. The Balaban J connectivity index is 2.94. The molecular formula is C14H14BrF2N3O3. The van der Waals surface area contributed by atoms with Gasteiger partial charge < -0.3 is 5.21 Å². The number of aryl methyl sites for hydroxylation is 1. The molecule has 0 saturated carbocycles. The van der Waals surface area contributed by atoms with Crippen molar-refractivity contribution in [3.63, 3.8) is 0 Å². The molecule has 0 aliphatic heterocycles. The maximum atomic E-state index is 13.5. The van der Waals surface area contributed by atoms with E-state index < -0.39 is 22.9 Å². The van der Waals surface area contributed by atoms with Crippen LogP contribution in [0.3, 0.4) is 0 Å². The molecule has 23 heavy (non-hydrogen) atoms. The van der Waals surface area contributed by atoms with Crippen LogP contribution < -0.4 is 16.0 Å². The maximum absolute atomic E-state index is 13.5. The summed E-state index contributed by atoms with van der Waals surface area (Å²) in [5.74, 6) is -3.56. The highest BCUT2D eigenvalue weighted by Gasteiger charge is 2.32. The molecule has 0 N–H and O–H groups in total. The maximum Gasteiger partial charge on any atom is 0.423 e. The van der Waals surface area contributed by atoms with Crippen molar-refractivity contribution in [1.29, 1.82) is 0 Å². The van der Waals surface area contributed by atoms with E-state index in [1.165, 1.54) is 6.92 Å². The molecule has 0 saturated heterocycles. The van der Waals surface area contributed by atoms with Crippen LogP contribution in [0.15, 0.2) is 26.2 Å². The third-order valence-electron chi connectivity index (χ3n) is 3.52. The van der Waals surface area contributed by atoms with Crippen LogP contribution in [0.4, 0.5) is 8.78 Å². The summed E-state index contributed by atoms with van der Waals surface area (Å²) in [7, 11) is 1.13. The van der Waals surface area contributed by atoms with E-state index >= 15 is 0 Å². The van der Waals surface area contributed by atoms with Gasteiger partial charge in [0.2, 0.25) is 0 Å². The summed E-state index contributed by atoms with van der Waals surface area (Å²) in [5.41, 5.74) is -2.12. The quantitative estimate of drug-likeness (QED) is 0.579. The molecule has 6 nitrogen and oxygen atoms in total. The first-order chi connectivity index (χ1) is 10.5. The van der Waals surface area contributed by atoms with Gasteiger partial charge in [0.1, 0.15) is 11.4 Å². The average Bonchev–Trinajstić information content (AvgIpc) is 2.42. The predicted octanol–water partition coefficient (Wildman–Crippen LogP) is 1.66. The molecule has 0 fully saturated rings. The SMILES string of the molecule is Cc1cc(Br)c(C)[n+]([O-])c1-n1c(=O)cc(C(C)(F)F)n(C)c1=O. The molecule has 9 heteroatoms. The highest BCUT2D eigenvalue weighted by atomic mass is 79.9. The number of pyridine rings is 1. The van der Waals surface area contributed by atoms with Crippen molar-refractivity contribution in [3.8, 4) is 5.82 Å². The van der Waals surface area contributed by atoms with Gasteiger partial charge in [-0.25, -0.2) is 23.1 Å². The van der Waals surface area contributed by atoms with E-state index in [1.807, 2.05) is 0 Å². The smallest absolute Gasteiger partial charge is 0.423 e. The highest BCUT2D eigenvalue weighted by Crippen LogP contribution is 2.24. The lowest BCUT2D eigenvalue weighted by atomic mass is 10.2. The van der Waals surface area contributed by atoms with Crippen molar-refractivity contribution in [2.45, 2.75) is 26.7 Å². The Morgan fingerprint density at radius 1 is 1.26 bits per heavy atom. The minimum atomic E-state index is -3.36. The Hall–Kier alpha value is -2.03. The summed E-state index contributed by atoms with van der Waals surface area (Å²) < 4.78 is 29.2. The van der Waals surface area contributed by atoms with Gasteiger partial charge in [0.05, 0.1) is 10.5 Å². The fourth-order valence-electron chi connectivity index (χ4n) is 2.28. The molecule has 2 heterocycles. The van der Waals surface area contributed by atoms with Crippen LogP contribution >= 0.6 is 15.9 Å². The minimum absolute atomic E-state index is 0.206. The number of hydrogen-bond donors (Lipinski definition) is 0. The molecule has 0 spiro atoms. The number of aromatic nitrogens is 3. The second kappa shape index (κ2) is 5.55. The van der Waals surface area contributed by atoms with Gasteiger partial charge in [0.25, 0.3) is 11.7 Å². The molecular weight excluding hydrogens is 376 g/mol. The van der Waals surface area contributed by atoms with Crippen LogP contribution in [0.1, 0.15) is 23.9 Å². The number of hydrogen-bond acceptors (Lipinski definition) is 3. The Morgan fingerprint density at radius 2 is 1.83 bits per heavy atom. The Kier molecular flexibility index (Phi) is 4.18. The van der Waals surface area contributed by atoms with E-state index in [2.05, 4.69) is 15.9 Å². The van der Waals surface area contributed by atoms with Crippen LogP contribution in [0, 0.1) is 19.1 Å². The Morgan fingerprint density at radius 3 is 2.35 bits per heavy atom. The number of rotatable bonds is 2. The standard InChI is InChI=1S/C14H14BrF2N3O3/c1-7-5-9(15)8(2)20(23)12(7)19-11(21)6-10(14(3,16)17)18(4)13(19)22/h5-6H,1-4H3. The van der Waals surface area contributed by atoms with Crippen LogP contribution in [0.5, 0.6) is 0 Å². The molecule has 0 radical (unpaired) electrons. The van der Waals surface area contributed by atoms with E-state index in [9.17, 15) is 23.6 Å². The van der Waals surface area contributed by atoms with E-state index in [0.29, 0.717) is 36.9 Å². The predicted molar refractivity (Wildman–Crippen MR) is 83.0 cm³/mol. The van der Waals surface area contributed by atoms with E-state index in [0.717, 1.165) is 7.05 Å². The zero-order valence-electron chi connectivity index (χ0n) is 12.9. The van der Waals surface area contributed by atoms with E-state index in [1.54, 1.807) is 13.0 Å². The first kappa shape index (κ1) is 17.3. The molecule has 0 aliphatic carbocycles. The van der Waals surface area contributed by atoms with Gasteiger partial charge in [0.15, 0.2) is 0 Å². The molecule has 124 valence electrons. The molecule has 2 rings (SSSR count). The normalized spacial score (nSPS) is 11.8. The average molecular weight is 390 g/mol. The lowest BCUT2D eigenvalue weighted by molar-refractivity contribution is -0.607. The van der Waals surface area contributed by atoms with E-state index in [-0.39, 0.29) is 11.5 Å². The fraction of sp³-hybridized carbons (Fsp3) is 0.357. The molecule has 0 aromatic carbocycles. The topological polar surface area (TPSA) is 70.9 Å². The number of halogens is 3. The van der Waals surface area contributed by atoms with Crippen LogP contribution in [0.25, 0.3) is 5.82 Å². The summed E-state index contributed by atoms with van der Waals surface area (Å²) in [6.45, 7) is 3.64.